The Morgan fingerprint density at radius 3 is 1.17 bits per heavy atom. The van der Waals surface area contributed by atoms with Crippen molar-refractivity contribution in [1.82, 2.24) is 5.32 Å². The van der Waals surface area contributed by atoms with Gasteiger partial charge in [0.1, 0.15) is 24.4 Å². The van der Waals surface area contributed by atoms with Gasteiger partial charge in [0.15, 0.2) is 12.4 Å². The fraction of sp³-hybridized carbons (Fsp3) is 0.805. The van der Waals surface area contributed by atoms with Crippen LogP contribution in [0.1, 0.15) is 361 Å². The zero-order chi connectivity index (χ0) is 67.4. The quantitative estimate of drug-likeness (QED) is 0.0195. The summed E-state index contributed by atoms with van der Waals surface area (Å²) in [7, 11) is 0. The van der Waals surface area contributed by atoms with E-state index < -0.39 is 67.4 Å². The number of allylic oxidation sites excluding steroid dienone is 13. The van der Waals surface area contributed by atoms with Gasteiger partial charge in [0.05, 0.1) is 25.4 Å². The van der Waals surface area contributed by atoms with Gasteiger partial charge in [-0.25, -0.2) is 0 Å². The molecule has 1 aliphatic heterocycles. The average molecular weight is 1310 g/mol. The molecule has 93 heavy (non-hydrogen) atoms. The number of rotatable bonds is 68. The van der Waals surface area contributed by atoms with Gasteiger partial charge in [0, 0.05) is 6.42 Å². The highest BCUT2D eigenvalue weighted by atomic mass is 16.7. The highest BCUT2D eigenvalue weighted by Crippen LogP contribution is 2.27. The Labute approximate surface area is 572 Å². The molecule has 1 amide bonds. The molecule has 0 saturated carbocycles. The van der Waals surface area contributed by atoms with Crippen LogP contribution in [0, 0.1) is 0 Å². The van der Waals surface area contributed by atoms with E-state index in [0.717, 1.165) is 96.3 Å². The van der Waals surface area contributed by atoms with E-state index in [1.807, 2.05) is 6.08 Å². The minimum absolute atomic E-state index is 0.124. The van der Waals surface area contributed by atoms with Crippen LogP contribution < -0.4 is 5.32 Å². The molecule has 540 valence electrons. The molecule has 1 fully saturated rings. The molecule has 0 radical (unpaired) electrons. The summed E-state index contributed by atoms with van der Waals surface area (Å²) in [5.74, 6) is -1.19. The Kier molecular flexibility index (Phi) is 65.0. The Morgan fingerprint density at radius 1 is 0.430 bits per heavy atom. The second-order valence-electron chi connectivity index (χ2n) is 27.1. The van der Waals surface area contributed by atoms with Crippen LogP contribution in [0.15, 0.2) is 85.1 Å². The summed E-state index contributed by atoms with van der Waals surface area (Å²) in [6, 6.07) is -1.03. The normalized spacial score (nSPS) is 18.3. The zero-order valence-corrected chi connectivity index (χ0v) is 60.4. The first-order valence-electron chi connectivity index (χ1n) is 39.4. The predicted octanol–water partition coefficient (Wildman–Crippen LogP) is 21.2. The second kappa shape index (κ2) is 68.8. The molecule has 1 aliphatic rings. The molecule has 0 aliphatic carbocycles. The molecular weight excluding hydrogens is 1160 g/mol. The van der Waals surface area contributed by atoms with Gasteiger partial charge in [-0.3, -0.25) is 9.59 Å². The van der Waals surface area contributed by atoms with Crippen LogP contribution in [-0.2, 0) is 23.8 Å². The number of carbonyl (C=O) groups excluding carboxylic acids is 2. The fourth-order valence-corrected chi connectivity index (χ4v) is 12.1. The van der Waals surface area contributed by atoms with Crippen LogP contribution in [-0.4, -0.2) is 99.6 Å². The highest BCUT2D eigenvalue weighted by Gasteiger charge is 2.47. The van der Waals surface area contributed by atoms with Crippen molar-refractivity contribution < 1.29 is 49.3 Å². The number of unbranched alkanes of at least 4 members (excludes halogenated alkanes) is 42. The number of carbonyl (C=O) groups is 2. The van der Waals surface area contributed by atoms with Gasteiger partial charge in [0.2, 0.25) is 5.91 Å². The van der Waals surface area contributed by atoms with Gasteiger partial charge in [-0.15, -0.1) is 0 Å². The third-order valence-electron chi connectivity index (χ3n) is 18.3. The maximum absolute atomic E-state index is 13.5. The molecule has 1 saturated heterocycles. The summed E-state index contributed by atoms with van der Waals surface area (Å²) >= 11 is 0. The number of nitrogens with one attached hydrogen (secondary N) is 1. The lowest BCUT2D eigenvalue weighted by Crippen LogP contribution is -2.61. The van der Waals surface area contributed by atoms with Crippen molar-refractivity contribution in [2.45, 2.75) is 410 Å². The molecule has 11 nitrogen and oxygen atoms in total. The Balaban J connectivity index is 2.52. The van der Waals surface area contributed by atoms with Crippen molar-refractivity contribution in [3.05, 3.63) is 85.1 Å². The Bertz CT molecular complexity index is 1840. The molecule has 1 heterocycles. The van der Waals surface area contributed by atoms with Crippen molar-refractivity contribution in [1.29, 1.82) is 0 Å². The third kappa shape index (κ3) is 55.5. The minimum Gasteiger partial charge on any atom is -0.454 e. The van der Waals surface area contributed by atoms with Crippen LogP contribution in [0.4, 0.5) is 0 Å². The standard InChI is InChI=1S/C82H147NO10/c1-4-7-10-13-16-19-22-25-27-29-31-33-35-37-38-39-41-43-45-47-49-52-55-58-61-64-67-70-77(87)93-80-79(89)78(88)76(71-84)92-82(80)91-72-73(74(85)68-65-62-59-56-53-50-24-21-18-15-12-9-6-3)83-81(90)75(86)69-66-63-60-57-54-51-48-46-44-42-40-36-34-32-30-28-26-23-20-17-14-11-8-5-2/h8,11,17,20,25-28,32,34,40,42,65,68,73-76,78-80,82,84-86,88-89H,4-7,9-10,12-16,18-19,21-24,29-31,33,35-39,41,43-64,66-67,69-72H2,1-3H3,(H,83,90)/b11-8-,20-17-,27-25+,28-26-,34-32-,42-40-,68-65+. The molecule has 1 rings (SSSR count). The van der Waals surface area contributed by atoms with Gasteiger partial charge < -0.3 is 45.1 Å². The van der Waals surface area contributed by atoms with E-state index in [9.17, 15) is 35.1 Å². The number of aliphatic hydroxyl groups excluding tert-OH is 5. The molecule has 0 spiro atoms. The van der Waals surface area contributed by atoms with Crippen LogP contribution in [0.3, 0.4) is 0 Å². The molecule has 0 aromatic heterocycles. The van der Waals surface area contributed by atoms with E-state index in [1.165, 1.54) is 218 Å². The summed E-state index contributed by atoms with van der Waals surface area (Å²) in [5.41, 5.74) is 0. The number of aliphatic hydroxyl groups is 5. The molecule has 8 atom stereocenters. The van der Waals surface area contributed by atoms with Crippen molar-refractivity contribution in [3.63, 3.8) is 0 Å². The SMILES string of the molecule is CC/C=C\C/C=C\C/C=C\C/C=C\C/C=C\CCCCCCCCCCC(O)C(=O)NC(COC1OC(CO)C(O)C(O)C1OC(=O)CCCCCCCCCCCCCCCCCCC/C=C/CCCCCCCC)C(O)/C=C/CCCCCCCCCCCCC. The first kappa shape index (κ1) is 87.9. The van der Waals surface area contributed by atoms with Gasteiger partial charge in [-0.1, -0.05) is 343 Å². The summed E-state index contributed by atoms with van der Waals surface area (Å²) in [6.45, 7) is 5.72. The van der Waals surface area contributed by atoms with Gasteiger partial charge in [-0.2, -0.15) is 0 Å². The number of hydrogen-bond acceptors (Lipinski definition) is 10. The lowest BCUT2D eigenvalue weighted by Gasteiger charge is -2.41. The van der Waals surface area contributed by atoms with Crippen LogP contribution in [0.2, 0.25) is 0 Å². The summed E-state index contributed by atoms with van der Waals surface area (Å²) in [5, 5.41) is 57.4. The van der Waals surface area contributed by atoms with E-state index in [2.05, 4.69) is 99.0 Å². The summed E-state index contributed by atoms with van der Waals surface area (Å²) in [6.07, 6.45) is 82.0. The fourth-order valence-electron chi connectivity index (χ4n) is 12.1. The number of amides is 1. The van der Waals surface area contributed by atoms with E-state index in [0.29, 0.717) is 12.8 Å². The van der Waals surface area contributed by atoms with E-state index in [1.54, 1.807) is 6.08 Å². The van der Waals surface area contributed by atoms with Crippen LogP contribution >= 0.6 is 0 Å². The number of esters is 1. The molecule has 6 N–H and O–H groups in total. The van der Waals surface area contributed by atoms with Gasteiger partial charge in [0.25, 0.3) is 0 Å². The minimum atomic E-state index is -1.62. The van der Waals surface area contributed by atoms with Crippen molar-refractivity contribution >= 4 is 11.9 Å². The molecular formula is C82H147NO10. The largest absolute Gasteiger partial charge is 0.454 e. The van der Waals surface area contributed by atoms with Gasteiger partial charge in [-0.05, 0) is 96.3 Å². The Hall–Kier alpha value is -3.16. The molecule has 0 bridgehead atoms. The summed E-state index contributed by atoms with van der Waals surface area (Å²) < 4.78 is 17.8. The second-order valence-corrected chi connectivity index (χ2v) is 27.1. The zero-order valence-electron chi connectivity index (χ0n) is 60.4. The Morgan fingerprint density at radius 2 is 0.774 bits per heavy atom. The molecule has 11 heteroatoms. The van der Waals surface area contributed by atoms with Crippen molar-refractivity contribution in [2.24, 2.45) is 0 Å². The average Bonchev–Trinajstić information content (AvgIpc) is 0.918. The van der Waals surface area contributed by atoms with Crippen molar-refractivity contribution in [3.8, 4) is 0 Å². The first-order valence-corrected chi connectivity index (χ1v) is 39.4. The lowest BCUT2D eigenvalue weighted by molar-refractivity contribution is -0.305. The van der Waals surface area contributed by atoms with E-state index >= 15 is 0 Å². The third-order valence-corrected chi connectivity index (χ3v) is 18.3. The van der Waals surface area contributed by atoms with E-state index in [4.69, 9.17) is 14.2 Å². The first-order chi connectivity index (χ1) is 45.7. The number of ether oxygens (including phenoxy) is 3. The molecule has 0 aromatic carbocycles. The molecule has 8 unspecified atom stereocenters. The maximum atomic E-state index is 13.5. The van der Waals surface area contributed by atoms with E-state index in [-0.39, 0.29) is 19.4 Å². The van der Waals surface area contributed by atoms with Crippen LogP contribution in [0.25, 0.3) is 0 Å². The monoisotopic (exact) mass is 1310 g/mol. The lowest BCUT2D eigenvalue weighted by atomic mass is 9.99. The smallest absolute Gasteiger partial charge is 0.306 e. The topological polar surface area (TPSA) is 175 Å². The predicted molar refractivity (Wildman–Crippen MR) is 393 cm³/mol. The molecule has 0 aromatic rings. The number of hydrogen-bond donors (Lipinski definition) is 6. The highest BCUT2D eigenvalue weighted by molar-refractivity contribution is 5.80. The summed E-state index contributed by atoms with van der Waals surface area (Å²) in [4.78, 5) is 26.8. The van der Waals surface area contributed by atoms with Gasteiger partial charge >= 0.3 is 5.97 Å². The maximum Gasteiger partial charge on any atom is 0.306 e. The van der Waals surface area contributed by atoms with Crippen molar-refractivity contribution in [2.75, 3.05) is 13.2 Å². The van der Waals surface area contributed by atoms with Crippen LogP contribution in [0.5, 0.6) is 0 Å².